The van der Waals surface area contributed by atoms with E-state index in [0.29, 0.717) is 5.88 Å². The van der Waals surface area contributed by atoms with E-state index in [-0.39, 0.29) is 10.7 Å². The minimum atomic E-state index is 0.177. The van der Waals surface area contributed by atoms with Gasteiger partial charge >= 0.3 is 0 Å². The van der Waals surface area contributed by atoms with Crippen LogP contribution < -0.4 is 4.74 Å². The number of benzene rings is 1. The predicted molar refractivity (Wildman–Crippen MR) is 76.9 cm³/mol. The number of halogens is 1. The Morgan fingerprint density at radius 1 is 1.16 bits per heavy atom. The van der Waals surface area contributed by atoms with Gasteiger partial charge in [-0.1, -0.05) is 32.9 Å². The van der Waals surface area contributed by atoms with Crippen molar-refractivity contribution in [2.45, 2.75) is 32.6 Å². The summed E-state index contributed by atoms with van der Waals surface area (Å²) in [7, 11) is 0. The second-order valence-electron chi connectivity index (χ2n) is 5.03. The summed E-state index contributed by atoms with van der Waals surface area (Å²) >= 11 is 5.71. The van der Waals surface area contributed by atoms with Crippen molar-refractivity contribution >= 4 is 11.6 Å². The van der Waals surface area contributed by atoms with Gasteiger partial charge in [-0.05, 0) is 41.1 Å². The van der Waals surface area contributed by atoms with Gasteiger partial charge in [-0.25, -0.2) is 4.98 Å². The SMILES string of the molecule is CCC(C)(C)c1ccc(Oc2ccnc(Cl)n2)cc1. The first-order chi connectivity index (χ1) is 9.01. The van der Waals surface area contributed by atoms with E-state index in [0.717, 1.165) is 12.2 Å². The molecule has 0 saturated carbocycles. The van der Waals surface area contributed by atoms with Gasteiger partial charge in [0, 0.05) is 12.3 Å². The van der Waals surface area contributed by atoms with Gasteiger partial charge in [0.2, 0.25) is 11.2 Å². The second kappa shape index (κ2) is 5.57. The fourth-order valence-electron chi connectivity index (χ4n) is 1.68. The number of nitrogens with zero attached hydrogens (tertiary/aromatic N) is 2. The lowest BCUT2D eigenvalue weighted by Crippen LogP contribution is -2.14. The zero-order valence-electron chi connectivity index (χ0n) is 11.4. The molecule has 0 bridgehead atoms. The molecule has 0 unspecified atom stereocenters. The fourth-order valence-corrected chi connectivity index (χ4v) is 1.82. The molecule has 0 saturated heterocycles. The normalized spacial score (nSPS) is 11.4. The van der Waals surface area contributed by atoms with E-state index in [1.807, 2.05) is 12.1 Å². The van der Waals surface area contributed by atoms with Crippen molar-refractivity contribution in [2.75, 3.05) is 0 Å². The Morgan fingerprint density at radius 3 is 2.42 bits per heavy atom. The molecule has 3 nitrogen and oxygen atoms in total. The van der Waals surface area contributed by atoms with E-state index in [2.05, 4.69) is 42.9 Å². The second-order valence-corrected chi connectivity index (χ2v) is 5.37. The van der Waals surface area contributed by atoms with Crippen LogP contribution in [-0.2, 0) is 5.41 Å². The summed E-state index contributed by atoms with van der Waals surface area (Å²) in [6, 6.07) is 9.74. The summed E-state index contributed by atoms with van der Waals surface area (Å²) in [5, 5.41) is 0.182. The van der Waals surface area contributed by atoms with E-state index < -0.39 is 0 Å². The lowest BCUT2D eigenvalue weighted by molar-refractivity contribution is 0.459. The molecule has 0 radical (unpaired) electrons. The van der Waals surface area contributed by atoms with E-state index in [4.69, 9.17) is 16.3 Å². The molecule has 4 heteroatoms. The van der Waals surface area contributed by atoms with Crippen molar-refractivity contribution in [3.05, 3.63) is 47.4 Å². The Hall–Kier alpha value is -1.61. The molecule has 1 aromatic heterocycles. The van der Waals surface area contributed by atoms with Crippen molar-refractivity contribution < 1.29 is 4.74 Å². The summed E-state index contributed by atoms with van der Waals surface area (Å²) in [6.07, 6.45) is 2.66. The van der Waals surface area contributed by atoms with Crippen molar-refractivity contribution in [3.8, 4) is 11.6 Å². The Balaban J connectivity index is 2.15. The van der Waals surface area contributed by atoms with Crippen LogP contribution in [0.2, 0.25) is 5.28 Å². The maximum Gasteiger partial charge on any atom is 0.225 e. The number of ether oxygens (including phenoxy) is 1. The standard InChI is InChI=1S/C15H17ClN2O/c1-4-15(2,3)11-5-7-12(8-6-11)19-13-9-10-17-14(16)18-13/h5-10H,4H2,1-3H3. The van der Waals surface area contributed by atoms with E-state index in [1.165, 1.54) is 5.56 Å². The molecule has 100 valence electrons. The highest BCUT2D eigenvalue weighted by molar-refractivity contribution is 6.28. The zero-order valence-corrected chi connectivity index (χ0v) is 12.1. The Labute approximate surface area is 118 Å². The summed E-state index contributed by atoms with van der Waals surface area (Å²) in [6.45, 7) is 6.65. The molecule has 19 heavy (non-hydrogen) atoms. The molecule has 2 aromatic rings. The molecule has 0 amide bonds. The minimum absolute atomic E-state index is 0.177. The van der Waals surface area contributed by atoms with Crippen LogP contribution in [0.4, 0.5) is 0 Å². The minimum Gasteiger partial charge on any atom is -0.439 e. The van der Waals surface area contributed by atoms with E-state index >= 15 is 0 Å². The summed E-state index contributed by atoms with van der Waals surface area (Å²) < 4.78 is 5.62. The van der Waals surface area contributed by atoms with Crippen LogP contribution in [-0.4, -0.2) is 9.97 Å². The Bertz CT molecular complexity index is 552. The molecule has 1 aromatic carbocycles. The summed E-state index contributed by atoms with van der Waals surface area (Å²) in [5.74, 6) is 1.19. The van der Waals surface area contributed by atoms with Crippen molar-refractivity contribution in [2.24, 2.45) is 0 Å². The average molecular weight is 277 g/mol. The lowest BCUT2D eigenvalue weighted by Gasteiger charge is -2.23. The third-order valence-corrected chi connectivity index (χ3v) is 3.52. The highest BCUT2D eigenvalue weighted by Crippen LogP contribution is 2.29. The van der Waals surface area contributed by atoms with Gasteiger partial charge in [0.05, 0.1) is 0 Å². The fraction of sp³-hybridized carbons (Fsp3) is 0.333. The van der Waals surface area contributed by atoms with Gasteiger partial charge in [0.25, 0.3) is 0 Å². The number of aromatic nitrogens is 2. The molecule has 1 heterocycles. The molecule has 0 aliphatic carbocycles. The van der Waals surface area contributed by atoms with Crippen LogP contribution >= 0.6 is 11.6 Å². The molecular formula is C15H17ClN2O. The van der Waals surface area contributed by atoms with Crippen LogP contribution in [0.3, 0.4) is 0 Å². The van der Waals surface area contributed by atoms with Crippen LogP contribution in [0.1, 0.15) is 32.8 Å². The maximum absolute atomic E-state index is 5.71. The van der Waals surface area contributed by atoms with E-state index in [1.54, 1.807) is 12.3 Å². The molecule has 0 fully saturated rings. The van der Waals surface area contributed by atoms with Crippen LogP contribution in [0.5, 0.6) is 11.6 Å². The number of rotatable bonds is 4. The predicted octanol–water partition coefficient (Wildman–Crippen LogP) is 4.61. The first-order valence-electron chi connectivity index (χ1n) is 6.28. The zero-order chi connectivity index (χ0) is 13.9. The molecule has 0 atom stereocenters. The van der Waals surface area contributed by atoms with Gasteiger partial charge < -0.3 is 4.74 Å². The van der Waals surface area contributed by atoms with E-state index in [9.17, 15) is 0 Å². The van der Waals surface area contributed by atoms with Crippen molar-refractivity contribution in [1.82, 2.24) is 9.97 Å². The first-order valence-corrected chi connectivity index (χ1v) is 6.66. The first kappa shape index (κ1) is 13.8. The lowest BCUT2D eigenvalue weighted by atomic mass is 9.82. The Morgan fingerprint density at radius 2 is 1.84 bits per heavy atom. The van der Waals surface area contributed by atoms with Crippen LogP contribution in [0.15, 0.2) is 36.5 Å². The van der Waals surface area contributed by atoms with Gasteiger partial charge in [-0.3, -0.25) is 0 Å². The molecule has 0 spiro atoms. The molecular weight excluding hydrogens is 260 g/mol. The Kier molecular flexibility index (Phi) is 4.05. The molecule has 0 aliphatic heterocycles. The highest BCUT2D eigenvalue weighted by atomic mass is 35.5. The van der Waals surface area contributed by atoms with Gasteiger partial charge in [0.15, 0.2) is 0 Å². The largest absolute Gasteiger partial charge is 0.439 e. The quantitative estimate of drug-likeness (QED) is 0.765. The van der Waals surface area contributed by atoms with Gasteiger partial charge in [-0.2, -0.15) is 4.98 Å². The summed E-state index contributed by atoms with van der Waals surface area (Å²) in [4.78, 5) is 7.80. The van der Waals surface area contributed by atoms with Crippen molar-refractivity contribution in [1.29, 1.82) is 0 Å². The third kappa shape index (κ3) is 3.44. The average Bonchev–Trinajstić information content (AvgIpc) is 2.39. The van der Waals surface area contributed by atoms with Crippen LogP contribution in [0, 0.1) is 0 Å². The molecule has 0 N–H and O–H groups in total. The third-order valence-electron chi connectivity index (χ3n) is 3.34. The summed E-state index contributed by atoms with van der Waals surface area (Å²) in [5.41, 5.74) is 1.47. The molecule has 0 aliphatic rings. The smallest absolute Gasteiger partial charge is 0.225 e. The monoisotopic (exact) mass is 276 g/mol. The molecule has 2 rings (SSSR count). The number of hydrogen-bond donors (Lipinski definition) is 0. The van der Waals surface area contributed by atoms with Crippen molar-refractivity contribution in [3.63, 3.8) is 0 Å². The number of hydrogen-bond acceptors (Lipinski definition) is 3. The van der Waals surface area contributed by atoms with Crippen LogP contribution in [0.25, 0.3) is 0 Å². The van der Waals surface area contributed by atoms with Gasteiger partial charge in [-0.15, -0.1) is 0 Å². The van der Waals surface area contributed by atoms with Gasteiger partial charge in [0.1, 0.15) is 5.75 Å². The maximum atomic E-state index is 5.71. The highest BCUT2D eigenvalue weighted by Gasteiger charge is 2.17. The topological polar surface area (TPSA) is 35.0 Å².